The summed E-state index contributed by atoms with van der Waals surface area (Å²) in [5.41, 5.74) is 3.20. The molecule has 0 bridgehead atoms. The molecule has 1 amide bonds. The number of nitrogens with zero attached hydrogens (tertiary/aromatic N) is 4. The van der Waals surface area contributed by atoms with Gasteiger partial charge in [-0.2, -0.15) is 4.98 Å². The van der Waals surface area contributed by atoms with Crippen molar-refractivity contribution in [3.63, 3.8) is 0 Å². The molecule has 41 heavy (non-hydrogen) atoms. The molecule has 2 aromatic rings. The number of amides is 1. The van der Waals surface area contributed by atoms with Crippen LogP contribution in [0.4, 0.5) is 17.5 Å². The first-order valence-electron chi connectivity index (χ1n) is 14.5. The number of likely N-dealkylation sites (tertiary alicyclic amines) is 1. The second-order valence-corrected chi connectivity index (χ2v) is 12.4. The maximum atomic E-state index is 12.7. The van der Waals surface area contributed by atoms with Gasteiger partial charge < -0.3 is 20.3 Å². The zero-order chi connectivity index (χ0) is 28.8. The van der Waals surface area contributed by atoms with E-state index in [0.29, 0.717) is 35.6 Å². The monoisotopic (exact) mass is 605 g/mol. The van der Waals surface area contributed by atoms with E-state index in [0.717, 1.165) is 83.2 Å². The molecular weight excluding hydrogens is 566 g/mol. The minimum absolute atomic E-state index is 0.0498. The van der Waals surface area contributed by atoms with Gasteiger partial charge in [0.1, 0.15) is 10.8 Å². The highest BCUT2D eigenvalue weighted by atomic mass is 35.5. The molecule has 3 N–H and O–H groups in total. The minimum atomic E-state index is -2.63. The number of halogens is 1. The maximum absolute atomic E-state index is 12.7. The lowest BCUT2D eigenvalue weighted by atomic mass is 9.84. The number of carbonyl (C=O) groups is 1. The number of aromatic nitrogens is 2. The SMILES string of the molecule is COc1cc2c(cc1Nc1ncc(Cl)c(N[C@@H]3CCCC[C@@H]3CN[SH](=O)=O)n1)CCN(CC(=O)N1CCCC1)CC2. The fraction of sp³-hybridized carbons (Fsp3) is 0.607. The summed E-state index contributed by atoms with van der Waals surface area (Å²) in [5, 5.41) is 7.17. The van der Waals surface area contributed by atoms with Crippen LogP contribution in [0.25, 0.3) is 0 Å². The predicted octanol–water partition coefficient (Wildman–Crippen LogP) is 2.99. The van der Waals surface area contributed by atoms with Crippen LogP contribution < -0.4 is 20.1 Å². The van der Waals surface area contributed by atoms with E-state index in [-0.39, 0.29) is 17.9 Å². The van der Waals surface area contributed by atoms with Crippen LogP contribution in [-0.2, 0) is 28.5 Å². The van der Waals surface area contributed by atoms with Crippen molar-refractivity contribution in [2.24, 2.45) is 5.92 Å². The Morgan fingerprint density at radius 1 is 1.07 bits per heavy atom. The van der Waals surface area contributed by atoms with E-state index in [1.807, 2.05) is 4.90 Å². The number of benzene rings is 1. The summed E-state index contributed by atoms with van der Waals surface area (Å²) < 4.78 is 30.4. The summed E-state index contributed by atoms with van der Waals surface area (Å²) >= 11 is 6.47. The average Bonchev–Trinajstić information content (AvgIpc) is 3.44. The summed E-state index contributed by atoms with van der Waals surface area (Å²) in [6, 6.07) is 4.21. The third kappa shape index (κ3) is 7.79. The van der Waals surface area contributed by atoms with Crippen LogP contribution in [0.3, 0.4) is 0 Å². The van der Waals surface area contributed by atoms with Crippen LogP contribution >= 0.6 is 11.6 Å². The molecule has 1 aromatic carbocycles. The molecule has 3 aliphatic rings. The first kappa shape index (κ1) is 29.8. The van der Waals surface area contributed by atoms with E-state index >= 15 is 0 Å². The Morgan fingerprint density at radius 3 is 2.54 bits per heavy atom. The fourth-order valence-electron chi connectivity index (χ4n) is 6.14. The summed E-state index contributed by atoms with van der Waals surface area (Å²) in [4.78, 5) is 26.0. The lowest BCUT2D eigenvalue weighted by molar-refractivity contribution is -0.131. The highest BCUT2D eigenvalue weighted by Crippen LogP contribution is 2.34. The van der Waals surface area contributed by atoms with Gasteiger partial charge in [-0.25, -0.2) is 18.1 Å². The molecular formula is C28H40ClN7O4S. The van der Waals surface area contributed by atoms with Crippen LogP contribution in [0.1, 0.15) is 49.7 Å². The van der Waals surface area contributed by atoms with Crippen molar-refractivity contribution in [2.45, 2.75) is 57.4 Å². The van der Waals surface area contributed by atoms with Crippen LogP contribution in [0.5, 0.6) is 5.75 Å². The van der Waals surface area contributed by atoms with E-state index < -0.39 is 10.9 Å². The topological polar surface area (TPSA) is 129 Å². The van der Waals surface area contributed by atoms with Gasteiger partial charge in [-0.3, -0.25) is 9.69 Å². The maximum Gasteiger partial charge on any atom is 0.236 e. The van der Waals surface area contributed by atoms with E-state index in [4.69, 9.17) is 16.3 Å². The third-order valence-corrected chi connectivity index (χ3v) is 9.16. The number of carbonyl (C=O) groups excluding carboxylic acids is 1. The Labute approximate surface area is 248 Å². The number of rotatable bonds is 10. The number of hydrogen-bond acceptors (Lipinski definition) is 9. The molecule has 0 spiro atoms. The molecule has 3 heterocycles. The van der Waals surface area contributed by atoms with Crippen LogP contribution in [0.2, 0.25) is 5.02 Å². The van der Waals surface area contributed by atoms with Gasteiger partial charge in [0.2, 0.25) is 22.7 Å². The van der Waals surface area contributed by atoms with Crippen molar-refractivity contribution in [2.75, 3.05) is 57.0 Å². The van der Waals surface area contributed by atoms with Gasteiger partial charge in [-0.15, -0.1) is 0 Å². The molecule has 224 valence electrons. The predicted molar refractivity (Wildman–Crippen MR) is 161 cm³/mol. The highest BCUT2D eigenvalue weighted by Gasteiger charge is 2.27. The van der Waals surface area contributed by atoms with Gasteiger partial charge in [-0.1, -0.05) is 24.4 Å². The van der Waals surface area contributed by atoms with Gasteiger partial charge in [0.05, 0.1) is 25.5 Å². The van der Waals surface area contributed by atoms with Crippen LogP contribution in [-0.4, -0.2) is 86.5 Å². The minimum Gasteiger partial charge on any atom is -0.495 e. The Balaban J connectivity index is 1.27. The third-order valence-electron chi connectivity index (χ3n) is 8.44. The Kier molecular flexibility index (Phi) is 10.2. The fourth-order valence-corrected chi connectivity index (χ4v) is 6.67. The van der Waals surface area contributed by atoms with Crippen molar-refractivity contribution >= 4 is 45.9 Å². The number of nitrogens with one attached hydrogen (secondary N) is 3. The number of ether oxygens (including phenoxy) is 1. The van der Waals surface area contributed by atoms with Crippen molar-refractivity contribution in [1.82, 2.24) is 24.5 Å². The first-order valence-corrected chi connectivity index (χ1v) is 16.1. The molecule has 1 aromatic heterocycles. The zero-order valence-electron chi connectivity index (χ0n) is 23.5. The van der Waals surface area contributed by atoms with Crippen LogP contribution in [0, 0.1) is 5.92 Å². The Bertz CT molecular complexity index is 1300. The molecule has 2 fully saturated rings. The van der Waals surface area contributed by atoms with Gasteiger partial charge in [0.15, 0.2) is 5.82 Å². The van der Waals surface area contributed by atoms with E-state index in [1.54, 1.807) is 13.3 Å². The Hall–Kier alpha value is -2.67. The molecule has 0 radical (unpaired) electrons. The number of thiol groups is 1. The van der Waals surface area contributed by atoms with Crippen molar-refractivity contribution in [3.8, 4) is 5.75 Å². The molecule has 11 nitrogen and oxygen atoms in total. The average molecular weight is 606 g/mol. The first-order chi connectivity index (χ1) is 19.9. The summed E-state index contributed by atoms with van der Waals surface area (Å²) in [6.07, 6.45) is 9.41. The molecule has 13 heteroatoms. The van der Waals surface area contributed by atoms with Crippen molar-refractivity contribution in [1.29, 1.82) is 0 Å². The van der Waals surface area contributed by atoms with Gasteiger partial charge in [-0.05, 0) is 67.7 Å². The van der Waals surface area contributed by atoms with Gasteiger partial charge in [0.25, 0.3) is 0 Å². The second kappa shape index (κ2) is 14.0. The van der Waals surface area contributed by atoms with E-state index in [1.165, 1.54) is 11.1 Å². The largest absolute Gasteiger partial charge is 0.495 e. The van der Waals surface area contributed by atoms with Gasteiger partial charge in [0, 0.05) is 38.8 Å². The molecule has 1 aliphatic carbocycles. The zero-order valence-corrected chi connectivity index (χ0v) is 25.2. The quantitative estimate of drug-likeness (QED) is 0.302. The summed E-state index contributed by atoms with van der Waals surface area (Å²) in [5.74, 6) is 1.97. The highest BCUT2D eigenvalue weighted by molar-refractivity contribution is 7.70. The summed E-state index contributed by atoms with van der Waals surface area (Å²) in [7, 11) is -0.987. The second-order valence-electron chi connectivity index (χ2n) is 11.1. The van der Waals surface area contributed by atoms with Crippen molar-refractivity contribution < 1.29 is 17.9 Å². The van der Waals surface area contributed by atoms with E-state index in [9.17, 15) is 13.2 Å². The molecule has 2 atom stereocenters. The molecule has 5 rings (SSSR count). The van der Waals surface area contributed by atoms with Gasteiger partial charge >= 0.3 is 0 Å². The molecule has 2 aliphatic heterocycles. The Morgan fingerprint density at radius 2 is 1.80 bits per heavy atom. The number of hydrogen-bond donors (Lipinski definition) is 4. The number of methoxy groups -OCH3 is 1. The number of fused-ring (bicyclic) bond motifs is 1. The van der Waals surface area contributed by atoms with Crippen LogP contribution in [0.15, 0.2) is 18.3 Å². The molecule has 1 saturated heterocycles. The lowest BCUT2D eigenvalue weighted by Gasteiger charge is -2.32. The summed E-state index contributed by atoms with van der Waals surface area (Å²) in [6.45, 7) is 4.28. The standard InChI is InChI=1S/C28H40ClN7O4S/c1-40-25-15-20-9-13-35(18-26(37)36-10-4-5-11-36)12-8-19(20)14-24(25)33-28-30-17-22(29)27(34-28)32-23-7-3-2-6-21(23)16-31-41(38)39/h14-15,17,21,23,41H,2-13,16,18H2,1H3,(H,31,38,39)(H2,30,32,33,34)/t21-,23-/m1/s1. The van der Waals surface area contributed by atoms with Crippen molar-refractivity contribution in [3.05, 3.63) is 34.5 Å². The molecule has 0 unspecified atom stereocenters. The van der Waals surface area contributed by atoms with E-state index in [2.05, 4.69) is 42.4 Å². The lowest BCUT2D eigenvalue weighted by Crippen LogP contribution is -2.40. The smallest absolute Gasteiger partial charge is 0.236 e. The molecule has 1 saturated carbocycles. The number of anilines is 3. The normalized spacial score (nSPS) is 21.4.